The van der Waals surface area contributed by atoms with Gasteiger partial charge in [0.05, 0.1) is 5.56 Å². The van der Waals surface area contributed by atoms with Gasteiger partial charge in [-0.15, -0.1) is 0 Å². The molecule has 0 atom stereocenters. The molecule has 0 spiro atoms. The molecular formula is C20H23NO2. The van der Waals surface area contributed by atoms with Gasteiger partial charge in [0.1, 0.15) is 5.60 Å². The maximum Gasteiger partial charge on any atom is 0.339 e. The van der Waals surface area contributed by atoms with Crippen LogP contribution in [0.4, 0.5) is 0 Å². The van der Waals surface area contributed by atoms with Gasteiger partial charge in [0.15, 0.2) is 0 Å². The maximum absolute atomic E-state index is 12.8. The van der Waals surface area contributed by atoms with Crippen LogP contribution >= 0.6 is 0 Å². The number of benzene rings is 2. The predicted octanol–water partition coefficient (Wildman–Crippen LogP) is 3.99. The quantitative estimate of drug-likeness (QED) is 0.803. The Balaban J connectivity index is 1.83. The summed E-state index contributed by atoms with van der Waals surface area (Å²) >= 11 is 0. The van der Waals surface area contributed by atoms with Crippen molar-refractivity contribution in [2.75, 3.05) is 20.1 Å². The molecule has 1 aliphatic rings. The van der Waals surface area contributed by atoms with E-state index >= 15 is 0 Å². The molecule has 3 rings (SSSR count). The highest BCUT2D eigenvalue weighted by molar-refractivity contribution is 5.97. The second-order valence-electron chi connectivity index (χ2n) is 6.55. The molecular weight excluding hydrogens is 286 g/mol. The van der Waals surface area contributed by atoms with E-state index < -0.39 is 0 Å². The molecule has 23 heavy (non-hydrogen) atoms. The molecule has 1 fully saturated rings. The third-order valence-electron chi connectivity index (χ3n) is 4.62. The van der Waals surface area contributed by atoms with Gasteiger partial charge in [-0.3, -0.25) is 0 Å². The third kappa shape index (κ3) is 3.62. The van der Waals surface area contributed by atoms with Crippen molar-refractivity contribution in [1.82, 2.24) is 4.90 Å². The van der Waals surface area contributed by atoms with Gasteiger partial charge >= 0.3 is 5.97 Å². The summed E-state index contributed by atoms with van der Waals surface area (Å²) in [4.78, 5) is 15.0. The molecule has 1 aliphatic heterocycles. The van der Waals surface area contributed by atoms with E-state index in [2.05, 4.69) is 11.9 Å². The molecule has 120 valence electrons. The maximum atomic E-state index is 12.8. The minimum atomic E-state index is -0.368. The minimum Gasteiger partial charge on any atom is -0.456 e. The zero-order valence-electron chi connectivity index (χ0n) is 13.8. The van der Waals surface area contributed by atoms with Crippen LogP contribution in [0.5, 0.6) is 0 Å². The summed E-state index contributed by atoms with van der Waals surface area (Å²) in [7, 11) is 2.10. The van der Waals surface area contributed by atoms with Crippen molar-refractivity contribution in [1.29, 1.82) is 0 Å². The zero-order valence-corrected chi connectivity index (χ0v) is 13.8. The van der Waals surface area contributed by atoms with Crippen molar-refractivity contribution in [2.24, 2.45) is 0 Å². The fourth-order valence-corrected chi connectivity index (χ4v) is 3.00. The second kappa shape index (κ2) is 6.55. The molecule has 1 heterocycles. The lowest BCUT2D eigenvalue weighted by molar-refractivity contribution is -0.0371. The first-order chi connectivity index (χ1) is 11.1. The third-order valence-corrected chi connectivity index (χ3v) is 4.62. The number of carbonyl (C=O) groups is 1. The summed E-state index contributed by atoms with van der Waals surface area (Å²) in [6, 6.07) is 17.6. The Morgan fingerprint density at radius 1 is 1.00 bits per heavy atom. The van der Waals surface area contributed by atoms with Crippen molar-refractivity contribution in [3.05, 3.63) is 60.2 Å². The van der Waals surface area contributed by atoms with Gasteiger partial charge < -0.3 is 9.64 Å². The van der Waals surface area contributed by atoms with Crippen molar-refractivity contribution < 1.29 is 9.53 Å². The fraction of sp³-hybridized carbons (Fsp3) is 0.350. The summed E-state index contributed by atoms with van der Waals surface area (Å²) < 4.78 is 5.91. The summed E-state index contributed by atoms with van der Waals surface area (Å²) in [6.45, 7) is 3.97. The van der Waals surface area contributed by atoms with Gasteiger partial charge in [-0.05, 0) is 44.0 Å². The Morgan fingerprint density at radius 2 is 1.61 bits per heavy atom. The highest BCUT2D eigenvalue weighted by Gasteiger charge is 2.33. The predicted molar refractivity (Wildman–Crippen MR) is 92.4 cm³/mol. The lowest BCUT2D eigenvalue weighted by Crippen LogP contribution is -2.43. The van der Waals surface area contributed by atoms with Gasteiger partial charge in [-0.2, -0.15) is 0 Å². The van der Waals surface area contributed by atoms with E-state index in [1.807, 2.05) is 61.5 Å². The second-order valence-corrected chi connectivity index (χ2v) is 6.55. The number of carbonyl (C=O) groups excluding carboxylic acids is 1. The zero-order chi connectivity index (χ0) is 16.3. The molecule has 0 saturated carbocycles. The van der Waals surface area contributed by atoms with Crippen LogP contribution in [0.1, 0.15) is 30.1 Å². The number of piperidine rings is 1. The number of hydrogen-bond acceptors (Lipinski definition) is 3. The summed E-state index contributed by atoms with van der Waals surface area (Å²) in [5, 5.41) is 0. The number of esters is 1. The molecule has 2 aromatic rings. The van der Waals surface area contributed by atoms with Crippen LogP contribution in [0, 0.1) is 0 Å². The highest BCUT2D eigenvalue weighted by atomic mass is 16.6. The van der Waals surface area contributed by atoms with E-state index in [0.29, 0.717) is 5.56 Å². The topological polar surface area (TPSA) is 29.5 Å². The monoisotopic (exact) mass is 309 g/mol. The first kappa shape index (κ1) is 15.8. The van der Waals surface area contributed by atoms with Crippen molar-refractivity contribution in [3.8, 4) is 11.1 Å². The van der Waals surface area contributed by atoms with Gasteiger partial charge in [0.2, 0.25) is 0 Å². The normalized spacial score (nSPS) is 17.7. The smallest absolute Gasteiger partial charge is 0.339 e. The Kier molecular flexibility index (Phi) is 4.49. The van der Waals surface area contributed by atoms with E-state index in [0.717, 1.165) is 37.1 Å². The van der Waals surface area contributed by atoms with E-state index in [9.17, 15) is 4.79 Å². The van der Waals surface area contributed by atoms with E-state index in [1.54, 1.807) is 0 Å². The van der Waals surface area contributed by atoms with Gasteiger partial charge in [0, 0.05) is 13.1 Å². The van der Waals surface area contributed by atoms with Crippen LogP contribution in [0.2, 0.25) is 0 Å². The van der Waals surface area contributed by atoms with Gasteiger partial charge in [-0.25, -0.2) is 4.79 Å². The summed E-state index contributed by atoms with van der Waals surface area (Å²) in [5.74, 6) is -0.225. The number of rotatable bonds is 3. The molecule has 3 heteroatoms. The number of hydrogen-bond donors (Lipinski definition) is 0. The number of likely N-dealkylation sites (tertiary alicyclic amines) is 1. The molecule has 3 nitrogen and oxygen atoms in total. The Morgan fingerprint density at radius 3 is 2.30 bits per heavy atom. The van der Waals surface area contributed by atoms with E-state index in [-0.39, 0.29) is 11.6 Å². The van der Waals surface area contributed by atoms with Gasteiger partial charge in [-0.1, -0.05) is 48.5 Å². The molecule has 2 aromatic carbocycles. The summed E-state index contributed by atoms with van der Waals surface area (Å²) in [5.41, 5.74) is 2.23. The fourth-order valence-electron chi connectivity index (χ4n) is 3.00. The lowest BCUT2D eigenvalue weighted by Gasteiger charge is -2.37. The van der Waals surface area contributed by atoms with Gasteiger partial charge in [0.25, 0.3) is 0 Å². The van der Waals surface area contributed by atoms with Crippen LogP contribution in [0.25, 0.3) is 11.1 Å². The van der Waals surface area contributed by atoms with Crippen molar-refractivity contribution in [3.63, 3.8) is 0 Å². The first-order valence-corrected chi connectivity index (χ1v) is 8.14. The van der Waals surface area contributed by atoms with Crippen LogP contribution in [-0.4, -0.2) is 36.6 Å². The molecule has 0 N–H and O–H groups in total. The molecule has 0 aliphatic carbocycles. The molecule has 1 saturated heterocycles. The average Bonchev–Trinajstić information content (AvgIpc) is 2.58. The van der Waals surface area contributed by atoms with Crippen molar-refractivity contribution in [2.45, 2.75) is 25.4 Å². The van der Waals surface area contributed by atoms with Crippen LogP contribution in [0.15, 0.2) is 54.6 Å². The van der Waals surface area contributed by atoms with Crippen LogP contribution < -0.4 is 0 Å². The summed E-state index contributed by atoms with van der Waals surface area (Å²) in [6.07, 6.45) is 1.76. The molecule has 0 amide bonds. The molecule has 0 aromatic heterocycles. The van der Waals surface area contributed by atoms with Crippen molar-refractivity contribution >= 4 is 5.97 Å². The van der Waals surface area contributed by atoms with E-state index in [4.69, 9.17) is 4.74 Å². The Bertz CT molecular complexity index is 673. The highest BCUT2D eigenvalue weighted by Crippen LogP contribution is 2.29. The lowest BCUT2D eigenvalue weighted by atomic mass is 9.93. The molecule has 0 bridgehead atoms. The van der Waals surface area contributed by atoms with Crippen LogP contribution in [-0.2, 0) is 4.74 Å². The average molecular weight is 309 g/mol. The van der Waals surface area contributed by atoms with E-state index in [1.165, 1.54) is 0 Å². The minimum absolute atomic E-state index is 0.225. The standard InChI is InChI=1S/C20H23NO2/c1-20(12-14-21(2)15-13-20)23-19(22)18-11-7-6-10-17(18)16-8-4-3-5-9-16/h3-11H,12-15H2,1-2H3. The molecule has 0 radical (unpaired) electrons. The number of ether oxygens (including phenoxy) is 1. The largest absolute Gasteiger partial charge is 0.456 e. The number of nitrogens with zero attached hydrogens (tertiary/aromatic N) is 1. The SMILES string of the molecule is CN1CCC(C)(OC(=O)c2ccccc2-c2ccccc2)CC1. The molecule has 0 unspecified atom stereocenters. The van der Waals surface area contributed by atoms with Crippen LogP contribution in [0.3, 0.4) is 0 Å². The first-order valence-electron chi connectivity index (χ1n) is 8.14. The Hall–Kier alpha value is -2.13. The Labute approximate surface area is 137 Å².